The van der Waals surface area contributed by atoms with Crippen molar-refractivity contribution in [1.82, 2.24) is 5.32 Å². The summed E-state index contributed by atoms with van der Waals surface area (Å²) in [6.07, 6.45) is 5.35. The number of hydrogen-bond donors (Lipinski definition) is 2. The van der Waals surface area contributed by atoms with Crippen LogP contribution >= 0.6 is 0 Å². The molecule has 5 heteroatoms. The number of carbonyl (C=O) groups excluding carboxylic acids is 2. The minimum absolute atomic E-state index is 0.139. The van der Waals surface area contributed by atoms with Gasteiger partial charge in [-0.3, -0.25) is 9.59 Å². The Morgan fingerprint density at radius 1 is 1.12 bits per heavy atom. The van der Waals surface area contributed by atoms with Crippen LogP contribution in [0.5, 0.6) is 0 Å². The van der Waals surface area contributed by atoms with E-state index in [0.717, 1.165) is 0 Å². The van der Waals surface area contributed by atoms with E-state index in [1.807, 2.05) is 13.8 Å². The third kappa shape index (κ3) is 4.92. The van der Waals surface area contributed by atoms with Crippen LogP contribution in [0.25, 0.3) is 0 Å². The van der Waals surface area contributed by atoms with Crippen molar-refractivity contribution in [3.8, 4) is 12.3 Å². The Morgan fingerprint density at radius 3 is 2.40 bits per heavy atom. The molecule has 128 valence electrons. The number of halogens is 1. The molecule has 4 nitrogen and oxygen atoms in total. The lowest BCUT2D eigenvalue weighted by molar-refractivity contribution is -0.118. The Kier molecular flexibility index (Phi) is 5.91. The summed E-state index contributed by atoms with van der Waals surface area (Å²) in [7, 11) is 0. The maximum atomic E-state index is 13.0. The van der Waals surface area contributed by atoms with Gasteiger partial charge >= 0.3 is 0 Å². The highest BCUT2D eigenvalue weighted by Crippen LogP contribution is 2.13. The first-order valence-corrected chi connectivity index (χ1v) is 7.84. The highest BCUT2D eigenvalue weighted by Gasteiger charge is 2.24. The maximum Gasteiger partial charge on any atom is 0.251 e. The molecular weight excluding hydrogens is 319 g/mol. The highest BCUT2D eigenvalue weighted by atomic mass is 19.1. The monoisotopic (exact) mass is 338 g/mol. The van der Waals surface area contributed by atoms with Crippen LogP contribution in [-0.4, -0.2) is 17.9 Å². The molecule has 2 N–H and O–H groups in total. The number of amides is 2. The number of carbonyl (C=O) groups is 2. The third-order valence-corrected chi connectivity index (χ3v) is 3.64. The normalized spacial score (nSPS) is 11.5. The number of rotatable bonds is 5. The summed E-state index contributed by atoms with van der Waals surface area (Å²) in [4.78, 5) is 24.8. The van der Waals surface area contributed by atoms with Crippen LogP contribution in [0.3, 0.4) is 0 Å². The molecule has 0 aromatic heterocycles. The minimum atomic E-state index is -0.743. The van der Waals surface area contributed by atoms with Gasteiger partial charge in [0.05, 0.1) is 0 Å². The fourth-order valence-electron chi connectivity index (χ4n) is 2.27. The molecule has 0 aliphatic rings. The lowest BCUT2D eigenvalue weighted by Gasteiger charge is -2.22. The van der Waals surface area contributed by atoms with Crippen LogP contribution in [0.15, 0.2) is 48.5 Å². The van der Waals surface area contributed by atoms with Crippen LogP contribution in [0.1, 0.15) is 29.8 Å². The molecule has 1 atom stereocenters. The Bertz CT molecular complexity index is 807. The average Bonchev–Trinajstić information content (AvgIpc) is 2.59. The Morgan fingerprint density at radius 2 is 1.80 bits per heavy atom. The zero-order chi connectivity index (χ0) is 18.4. The van der Waals surface area contributed by atoms with E-state index in [1.54, 1.807) is 24.3 Å². The first-order chi connectivity index (χ1) is 11.9. The average molecular weight is 338 g/mol. The van der Waals surface area contributed by atoms with Crippen LogP contribution in [0.4, 0.5) is 10.1 Å². The Labute approximate surface area is 146 Å². The van der Waals surface area contributed by atoms with E-state index in [0.29, 0.717) is 11.3 Å². The van der Waals surface area contributed by atoms with Gasteiger partial charge in [-0.25, -0.2) is 4.39 Å². The molecule has 2 aromatic rings. The second kappa shape index (κ2) is 8.11. The summed E-state index contributed by atoms with van der Waals surface area (Å²) in [5.41, 5.74) is 1.49. The second-order valence-electron chi connectivity index (χ2n) is 5.92. The molecule has 2 rings (SSSR count). The predicted molar refractivity (Wildman–Crippen MR) is 95.5 cm³/mol. The molecule has 0 fully saturated rings. The lowest BCUT2D eigenvalue weighted by Crippen LogP contribution is -2.47. The van der Waals surface area contributed by atoms with E-state index in [9.17, 15) is 14.0 Å². The SMILES string of the molecule is C#Cc1cccc(NC(=O)C(NC(=O)c2ccc(F)cc2)C(C)C)c1. The summed E-state index contributed by atoms with van der Waals surface area (Å²) in [6.45, 7) is 3.65. The quantitative estimate of drug-likeness (QED) is 0.823. The molecule has 0 aliphatic heterocycles. The molecule has 0 saturated carbocycles. The molecule has 0 bridgehead atoms. The molecule has 0 spiro atoms. The van der Waals surface area contributed by atoms with Gasteiger partial charge in [0.25, 0.3) is 5.91 Å². The molecule has 1 unspecified atom stereocenters. The van der Waals surface area contributed by atoms with Gasteiger partial charge in [-0.1, -0.05) is 25.8 Å². The lowest BCUT2D eigenvalue weighted by atomic mass is 10.0. The largest absolute Gasteiger partial charge is 0.340 e. The molecule has 0 saturated heterocycles. The number of nitrogens with one attached hydrogen (secondary N) is 2. The molecule has 0 aliphatic carbocycles. The van der Waals surface area contributed by atoms with Gasteiger partial charge in [-0.2, -0.15) is 0 Å². The van der Waals surface area contributed by atoms with Crippen molar-refractivity contribution < 1.29 is 14.0 Å². The number of hydrogen-bond acceptors (Lipinski definition) is 2. The van der Waals surface area contributed by atoms with Crippen LogP contribution in [0, 0.1) is 24.1 Å². The first kappa shape index (κ1) is 18.2. The molecule has 0 heterocycles. The second-order valence-corrected chi connectivity index (χ2v) is 5.92. The van der Waals surface area contributed by atoms with Gasteiger partial charge in [0, 0.05) is 16.8 Å². The summed E-state index contributed by atoms with van der Waals surface area (Å²) in [5, 5.41) is 5.44. The van der Waals surface area contributed by atoms with Gasteiger partial charge in [-0.05, 0) is 48.4 Å². The number of terminal acetylenes is 1. The van der Waals surface area contributed by atoms with Gasteiger partial charge in [-0.15, -0.1) is 6.42 Å². The van der Waals surface area contributed by atoms with E-state index in [4.69, 9.17) is 6.42 Å². The Balaban J connectivity index is 2.11. The summed E-state index contributed by atoms with van der Waals surface area (Å²) in [6, 6.07) is 11.3. The van der Waals surface area contributed by atoms with Crippen molar-refractivity contribution in [2.75, 3.05) is 5.32 Å². The number of anilines is 1. The highest BCUT2D eigenvalue weighted by molar-refractivity contribution is 6.01. The summed E-state index contributed by atoms with van der Waals surface area (Å²) >= 11 is 0. The van der Waals surface area contributed by atoms with Gasteiger partial charge in [0.2, 0.25) is 5.91 Å². The van der Waals surface area contributed by atoms with Gasteiger partial charge in [0.1, 0.15) is 11.9 Å². The van der Waals surface area contributed by atoms with Gasteiger partial charge < -0.3 is 10.6 Å². The van der Waals surface area contributed by atoms with E-state index in [-0.39, 0.29) is 17.4 Å². The zero-order valence-corrected chi connectivity index (χ0v) is 14.0. The smallest absolute Gasteiger partial charge is 0.251 e. The molecule has 2 aromatic carbocycles. The Hall–Kier alpha value is -3.13. The topological polar surface area (TPSA) is 58.2 Å². The van der Waals surface area contributed by atoms with Gasteiger partial charge in [0.15, 0.2) is 0 Å². The van der Waals surface area contributed by atoms with E-state index in [1.165, 1.54) is 24.3 Å². The minimum Gasteiger partial charge on any atom is -0.340 e. The molecule has 2 amide bonds. The molecule has 0 radical (unpaired) electrons. The summed E-state index contributed by atoms with van der Waals surface area (Å²) in [5.74, 6) is 1.15. The van der Waals surface area contributed by atoms with Crippen molar-refractivity contribution >= 4 is 17.5 Å². The molecule has 25 heavy (non-hydrogen) atoms. The van der Waals surface area contributed by atoms with Crippen molar-refractivity contribution in [3.63, 3.8) is 0 Å². The van der Waals surface area contributed by atoms with Crippen molar-refractivity contribution in [2.24, 2.45) is 5.92 Å². The first-order valence-electron chi connectivity index (χ1n) is 7.84. The fourth-order valence-corrected chi connectivity index (χ4v) is 2.27. The third-order valence-electron chi connectivity index (χ3n) is 3.64. The predicted octanol–water partition coefficient (Wildman–Crippen LogP) is 3.20. The van der Waals surface area contributed by atoms with E-state index in [2.05, 4.69) is 16.6 Å². The number of benzene rings is 2. The van der Waals surface area contributed by atoms with Crippen LogP contribution < -0.4 is 10.6 Å². The maximum absolute atomic E-state index is 13.0. The fraction of sp³-hybridized carbons (Fsp3) is 0.200. The summed E-state index contributed by atoms with van der Waals surface area (Å²) < 4.78 is 13.0. The van der Waals surface area contributed by atoms with E-state index < -0.39 is 17.8 Å². The van der Waals surface area contributed by atoms with Crippen molar-refractivity contribution in [2.45, 2.75) is 19.9 Å². The van der Waals surface area contributed by atoms with E-state index >= 15 is 0 Å². The van der Waals surface area contributed by atoms with Crippen molar-refractivity contribution in [1.29, 1.82) is 0 Å². The molecular formula is C20H19FN2O2. The van der Waals surface area contributed by atoms with Crippen LogP contribution in [-0.2, 0) is 4.79 Å². The zero-order valence-electron chi connectivity index (χ0n) is 14.0. The van der Waals surface area contributed by atoms with Crippen molar-refractivity contribution in [3.05, 3.63) is 65.5 Å². The van der Waals surface area contributed by atoms with Crippen LogP contribution in [0.2, 0.25) is 0 Å². The standard InChI is InChI=1S/C20H19FN2O2/c1-4-14-6-5-7-17(12-14)22-20(25)18(13(2)3)23-19(24)15-8-10-16(21)11-9-15/h1,5-13,18H,2-3H3,(H,22,25)(H,23,24).